The van der Waals surface area contributed by atoms with Gasteiger partial charge in [0.1, 0.15) is 0 Å². The normalized spacial score (nSPS) is 11.0. The number of anilines is 1. The van der Waals surface area contributed by atoms with Crippen molar-refractivity contribution < 1.29 is 9.59 Å². The van der Waals surface area contributed by atoms with Crippen LogP contribution in [0.15, 0.2) is 29.2 Å². The lowest BCUT2D eigenvalue weighted by molar-refractivity contribution is -0.117. The molecule has 22 heavy (non-hydrogen) atoms. The van der Waals surface area contributed by atoms with E-state index in [9.17, 15) is 9.59 Å². The van der Waals surface area contributed by atoms with Crippen molar-refractivity contribution in [3.63, 3.8) is 0 Å². The molecule has 0 aliphatic heterocycles. The quantitative estimate of drug-likeness (QED) is 0.683. The highest BCUT2D eigenvalue weighted by atomic mass is 32.2. The van der Waals surface area contributed by atoms with E-state index < -0.39 is 0 Å². The van der Waals surface area contributed by atoms with Gasteiger partial charge in [0, 0.05) is 4.90 Å². The van der Waals surface area contributed by atoms with Gasteiger partial charge in [0.05, 0.1) is 18.0 Å². The van der Waals surface area contributed by atoms with E-state index in [1.807, 2.05) is 36.2 Å². The lowest BCUT2D eigenvalue weighted by atomic mass is 10.1. The van der Waals surface area contributed by atoms with Crippen molar-refractivity contribution in [3.8, 4) is 0 Å². The zero-order chi connectivity index (χ0) is 16.5. The first kappa shape index (κ1) is 18.5. The summed E-state index contributed by atoms with van der Waals surface area (Å²) < 4.78 is 0. The Bertz CT molecular complexity index is 506. The molecule has 1 aromatic rings. The lowest BCUT2D eigenvalue weighted by Gasteiger charge is -2.18. The molecule has 1 rings (SSSR count). The van der Waals surface area contributed by atoms with E-state index in [4.69, 9.17) is 5.73 Å². The highest BCUT2D eigenvalue weighted by Crippen LogP contribution is 2.26. The summed E-state index contributed by atoms with van der Waals surface area (Å²) in [5.41, 5.74) is 5.88. The third kappa shape index (κ3) is 7.47. The van der Waals surface area contributed by atoms with Crippen molar-refractivity contribution in [3.05, 3.63) is 24.3 Å². The molecule has 0 bridgehead atoms. The summed E-state index contributed by atoms with van der Waals surface area (Å²) >= 11 is 1.33. The molecule has 0 atom stereocenters. The highest BCUT2D eigenvalue weighted by Gasteiger charge is 2.10. The smallest absolute Gasteiger partial charge is 0.238 e. The van der Waals surface area contributed by atoms with E-state index in [1.54, 1.807) is 0 Å². The largest absolute Gasteiger partial charge is 0.369 e. The van der Waals surface area contributed by atoms with Gasteiger partial charge < -0.3 is 11.1 Å². The van der Waals surface area contributed by atoms with Gasteiger partial charge in [-0.1, -0.05) is 26.0 Å². The van der Waals surface area contributed by atoms with Crippen molar-refractivity contribution in [2.75, 3.05) is 31.2 Å². The maximum Gasteiger partial charge on any atom is 0.238 e. The van der Waals surface area contributed by atoms with Crippen LogP contribution in [0.2, 0.25) is 0 Å². The number of thioether (sulfide) groups is 1. The first-order chi connectivity index (χ1) is 10.4. The number of carbonyl (C=O) groups is 2. The molecule has 5 nitrogen and oxygen atoms in total. The summed E-state index contributed by atoms with van der Waals surface area (Å²) in [7, 11) is 1.94. The number of benzene rings is 1. The van der Waals surface area contributed by atoms with Crippen LogP contribution in [0, 0.1) is 5.92 Å². The Morgan fingerprint density at radius 2 is 2.00 bits per heavy atom. The molecule has 3 N–H and O–H groups in total. The number of hydrogen-bond acceptors (Lipinski definition) is 4. The Morgan fingerprint density at radius 3 is 2.64 bits per heavy atom. The summed E-state index contributed by atoms with van der Waals surface area (Å²) in [4.78, 5) is 25.8. The third-order valence-corrected chi connectivity index (χ3v) is 4.13. The van der Waals surface area contributed by atoms with Gasteiger partial charge in [0.25, 0.3) is 0 Å². The minimum Gasteiger partial charge on any atom is -0.369 e. The third-order valence-electron chi connectivity index (χ3n) is 3.03. The number of nitrogens with two attached hydrogens (primary N) is 1. The van der Waals surface area contributed by atoms with Gasteiger partial charge >= 0.3 is 0 Å². The Labute approximate surface area is 136 Å². The van der Waals surface area contributed by atoms with Crippen LogP contribution in [0.1, 0.15) is 20.3 Å². The van der Waals surface area contributed by atoms with Gasteiger partial charge in [-0.3, -0.25) is 14.5 Å². The van der Waals surface area contributed by atoms with E-state index in [0.29, 0.717) is 12.5 Å². The van der Waals surface area contributed by atoms with Crippen LogP contribution in [-0.4, -0.2) is 42.6 Å². The van der Waals surface area contributed by atoms with Crippen molar-refractivity contribution >= 4 is 29.3 Å². The molecule has 0 aromatic heterocycles. The number of primary amides is 1. The summed E-state index contributed by atoms with van der Waals surface area (Å²) in [6.07, 6.45) is 1.06. The Morgan fingerprint density at radius 1 is 1.32 bits per heavy atom. The van der Waals surface area contributed by atoms with Crippen LogP contribution in [0.3, 0.4) is 0 Å². The van der Waals surface area contributed by atoms with Crippen LogP contribution in [0.25, 0.3) is 0 Å². The number of carbonyl (C=O) groups excluding carboxylic acids is 2. The van der Waals surface area contributed by atoms with Gasteiger partial charge in [-0.15, -0.1) is 11.8 Å². The molecule has 0 aliphatic carbocycles. The second-order valence-corrected chi connectivity index (χ2v) is 6.74. The summed E-state index contributed by atoms with van der Waals surface area (Å²) in [6, 6.07) is 7.42. The average Bonchev–Trinajstić information content (AvgIpc) is 2.44. The van der Waals surface area contributed by atoms with E-state index in [-0.39, 0.29) is 17.6 Å². The number of para-hydroxylation sites is 1. The number of nitrogens with one attached hydrogen (secondary N) is 1. The number of amides is 2. The second kappa shape index (κ2) is 9.48. The van der Waals surface area contributed by atoms with Crippen molar-refractivity contribution in [2.45, 2.75) is 25.2 Å². The molecule has 6 heteroatoms. The highest BCUT2D eigenvalue weighted by molar-refractivity contribution is 8.00. The number of likely N-dealkylation sites (N-methyl/N-ethyl adjacent to an activating group) is 1. The first-order valence-corrected chi connectivity index (χ1v) is 8.35. The van der Waals surface area contributed by atoms with Crippen LogP contribution in [0.5, 0.6) is 0 Å². The Kier molecular flexibility index (Phi) is 7.98. The standard InChI is InChI=1S/C16H25N3O2S/c1-12(2)8-9-19(3)10-16(21)18-13-6-4-5-7-14(13)22-11-15(17)20/h4-7,12H,8-11H2,1-3H3,(H2,17,20)(H,18,21). The minimum absolute atomic E-state index is 0.0571. The number of hydrogen-bond donors (Lipinski definition) is 2. The molecular formula is C16H25N3O2S. The molecular weight excluding hydrogens is 298 g/mol. The van der Waals surface area contributed by atoms with Gasteiger partial charge in [-0.05, 0) is 38.1 Å². The summed E-state index contributed by atoms with van der Waals surface area (Å²) in [5.74, 6) is 0.385. The van der Waals surface area contributed by atoms with Crippen molar-refractivity contribution in [1.82, 2.24) is 4.90 Å². The number of nitrogens with zero attached hydrogens (tertiary/aromatic N) is 1. The topological polar surface area (TPSA) is 75.4 Å². The van der Waals surface area contributed by atoms with Crippen molar-refractivity contribution in [2.24, 2.45) is 11.7 Å². The fourth-order valence-corrected chi connectivity index (χ4v) is 2.58. The van der Waals surface area contributed by atoms with Crippen LogP contribution >= 0.6 is 11.8 Å². The predicted molar refractivity (Wildman–Crippen MR) is 91.9 cm³/mol. The average molecular weight is 323 g/mol. The molecule has 0 spiro atoms. The van der Waals surface area contributed by atoms with E-state index in [1.165, 1.54) is 11.8 Å². The monoisotopic (exact) mass is 323 g/mol. The van der Waals surface area contributed by atoms with Crippen LogP contribution in [-0.2, 0) is 9.59 Å². The van der Waals surface area contributed by atoms with E-state index in [0.717, 1.165) is 23.5 Å². The van der Waals surface area contributed by atoms with Gasteiger partial charge in [0.2, 0.25) is 11.8 Å². The molecule has 0 saturated carbocycles. The zero-order valence-corrected chi connectivity index (χ0v) is 14.3. The molecule has 0 unspecified atom stereocenters. The van der Waals surface area contributed by atoms with Crippen LogP contribution in [0.4, 0.5) is 5.69 Å². The zero-order valence-electron chi connectivity index (χ0n) is 13.5. The first-order valence-electron chi connectivity index (χ1n) is 7.37. The lowest BCUT2D eigenvalue weighted by Crippen LogP contribution is -2.31. The fraction of sp³-hybridized carbons (Fsp3) is 0.500. The van der Waals surface area contributed by atoms with Gasteiger partial charge in [-0.25, -0.2) is 0 Å². The minimum atomic E-state index is -0.375. The van der Waals surface area contributed by atoms with E-state index >= 15 is 0 Å². The van der Waals surface area contributed by atoms with Crippen molar-refractivity contribution in [1.29, 1.82) is 0 Å². The maximum atomic E-state index is 12.1. The molecule has 0 heterocycles. The van der Waals surface area contributed by atoms with Gasteiger partial charge in [0.15, 0.2) is 0 Å². The molecule has 1 aromatic carbocycles. The summed E-state index contributed by atoms with van der Waals surface area (Å²) in [6.45, 7) is 5.57. The fourth-order valence-electron chi connectivity index (χ4n) is 1.84. The number of rotatable bonds is 9. The SMILES string of the molecule is CC(C)CCN(C)CC(=O)Nc1ccccc1SCC(N)=O. The molecule has 2 amide bonds. The Hall–Kier alpha value is -1.53. The predicted octanol–water partition coefficient (Wildman–Crippen LogP) is 2.18. The second-order valence-electron chi connectivity index (χ2n) is 5.72. The van der Waals surface area contributed by atoms with Gasteiger partial charge in [-0.2, -0.15) is 0 Å². The van der Waals surface area contributed by atoms with E-state index in [2.05, 4.69) is 19.2 Å². The molecule has 0 radical (unpaired) electrons. The molecule has 0 saturated heterocycles. The molecule has 0 aliphatic rings. The molecule has 0 fully saturated rings. The maximum absolute atomic E-state index is 12.1. The summed E-state index contributed by atoms with van der Waals surface area (Å²) in [5, 5.41) is 2.90. The Balaban J connectivity index is 2.55. The van der Waals surface area contributed by atoms with Crippen LogP contribution < -0.4 is 11.1 Å². The molecule has 122 valence electrons.